The number of halogens is 4. The van der Waals surface area contributed by atoms with Crippen LogP contribution in [0.3, 0.4) is 0 Å². The molecule has 0 radical (unpaired) electrons. The van der Waals surface area contributed by atoms with E-state index in [1.165, 1.54) is 36.4 Å². The molecule has 0 saturated carbocycles. The molecule has 0 spiro atoms. The molecule has 0 aliphatic carbocycles. The zero-order valence-electron chi connectivity index (χ0n) is 12.2. The summed E-state index contributed by atoms with van der Waals surface area (Å²) in [6.07, 6.45) is -4.43. The monoisotopic (exact) mass is 363 g/mol. The first kappa shape index (κ1) is 18.2. The molecule has 0 fully saturated rings. The van der Waals surface area contributed by atoms with Crippen molar-refractivity contribution in [3.8, 4) is 5.75 Å². The van der Waals surface area contributed by atoms with Crippen molar-refractivity contribution < 1.29 is 30.7 Å². The number of ether oxygens (including phenoxy) is 1. The molecule has 0 atom stereocenters. The first-order valence-electron chi connectivity index (χ1n) is 6.69. The summed E-state index contributed by atoms with van der Waals surface area (Å²) in [4.78, 5) is -0.215. The number of hydrogen-bond donors (Lipinski definition) is 1. The second-order valence-electron chi connectivity index (χ2n) is 4.83. The smallest absolute Gasteiger partial charge is 0.422 e. The van der Waals surface area contributed by atoms with Crippen LogP contribution >= 0.6 is 0 Å². The maximum absolute atomic E-state index is 13.1. The Hall–Kier alpha value is -2.13. The molecular weight excluding hydrogens is 350 g/mol. The molecule has 0 bridgehead atoms. The number of hydrogen-bond acceptors (Lipinski definition) is 3. The second kappa shape index (κ2) is 7.18. The Morgan fingerprint density at radius 3 is 2.29 bits per heavy atom. The second-order valence-corrected chi connectivity index (χ2v) is 6.60. The lowest BCUT2D eigenvalue weighted by Gasteiger charge is -2.10. The van der Waals surface area contributed by atoms with E-state index in [1.807, 2.05) is 0 Å². The highest BCUT2D eigenvalue weighted by atomic mass is 32.2. The molecule has 0 aliphatic heterocycles. The highest BCUT2D eigenvalue weighted by molar-refractivity contribution is 7.89. The van der Waals surface area contributed by atoms with Gasteiger partial charge in [0.1, 0.15) is 11.6 Å². The third-order valence-corrected chi connectivity index (χ3v) is 4.30. The van der Waals surface area contributed by atoms with Crippen molar-refractivity contribution in [2.75, 3.05) is 6.61 Å². The van der Waals surface area contributed by atoms with Crippen LogP contribution in [-0.4, -0.2) is 21.2 Å². The molecule has 2 aromatic carbocycles. The van der Waals surface area contributed by atoms with E-state index in [1.54, 1.807) is 0 Å². The predicted molar refractivity (Wildman–Crippen MR) is 78.4 cm³/mol. The molecule has 0 saturated heterocycles. The van der Waals surface area contributed by atoms with Crippen molar-refractivity contribution >= 4 is 10.0 Å². The van der Waals surface area contributed by atoms with Gasteiger partial charge in [0.15, 0.2) is 6.61 Å². The summed E-state index contributed by atoms with van der Waals surface area (Å²) in [5, 5.41) is 0. The van der Waals surface area contributed by atoms with Crippen molar-refractivity contribution in [1.82, 2.24) is 4.72 Å². The normalized spacial score (nSPS) is 12.2. The molecule has 0 unspecified atom stereocenters. The Morgan fingerprint density at radius 2 is 1.71 bits per heavy atom. The molecule has 2 aromatic rings. The first-order valence-corrected chi connectivity index (χ1v) is 8.18. The average Bonchev–Trinajstić information content (AvgIpc) is 2.51. The highest BCUT2D eigenvalue weighted by Crippen LogP contribution is 2.19. The van der Waals surface area contributed by atoms with Gasteiger partial charge in [-0.1, -0.05) is 18.2 Å². The number of sulfonamides is 1. The summed E-state index contributed by atoms with van der Waals surface area (Å²) < 4.78 is 80.0. The van der Waals surface area contributed by atoms with Gasteiger partial charge in [0.05, 0.1) is 4.90 Å². The van der Waals surface area contributed by atoms with E-state index in [0.717, 1.165) is 12.1 Å². The molecular formula is C15H13F4NO3S. The molecule has 0 aliphatic rings. The summed E-state index contributed by atoms with van der Waals surface area (Å²) in [5.74, 6) is -0.659. The van der Waals surface area contributed by atoms with Gasteiger partial charge in [-0.05, 0) is 35.9 Å². The van der Waals surface area contributed by atoms with Gasteiger partial charge in [0, 0.05) is 6.54 Å². The fourth-order valence-corrected chi connectivity index (χ4v) is 2.81. The maximum Gasteiger partial charge on any atom is 0.422 e. The van der Waals surface area contributed by atoms with Crippen LogP contribution in [0.25, 0.3) is 0 Å². The lowest BCUT2D eigenvalue weighted by Crippen LogP contribution is -2.23. The van der Waals surface area contributed by atoms with E-state index in [0.29, 0.717) is 5.56 Å². The minimum atomic E-state index is -4.43. The van der Waals surface area contributed by atoms with Gasteiger partial charge in [0.2, 0.25) is 10.0 Å². The van der Waals surface area contributed by atoms with Gasteiger partial charge in [0.25, 0.3) is 0 Å². The largest absolute Gasteiger partial charge is 0.484 e. The van der Waals surface area contributed by atoms with Crippen molar-refractivity contribution in [1.29, 1.82) is 0 Å². The molecule has 2 rings (SSSR count). The minimum absolute atomic E-state index is 0.0177. The standard InChI is InChI=1S/C15H13F4NO3S/c16-12-2-1-3-14(8-12)24(21,22)20-9-11-4-6-13(7-5-11)23-10-15(17,18)19/h1-8,20H,9-10H2. The average molecular weight is 363 g/mol. The van der Waals surface area contributed by atoms with Crippen LogP contribution in [0.5, 0.6) is 5.75 Å². The Morgan fingerprint density at radius 1 is 1.04 bits per heavy atom. The van der Waals surface area contributed by atoms with Crippen LogP contribution in [0.4, 0.5) is 17.6 Å². The number of benzene rings is 2. The van der Waals surface area contributed by atoms with E-state index >= 15 is 0 Å². The molecule has 1 N–H and O–H groups in total. The van der Waals surface area contributed by atoms with Gasteiger partial charge in [-0.15, -0.1) is 0 Å². The molecule has 24 heavy (non-hydrogen) atoms. The topological polar surface area (TPSA) is 55.4 Å². The molecule has 4 nitrogen and oxygen atoms in total. The Labute approximate surface area is 136 Å². The first-order chi connectivity index (χ1) is 11.2. The lowest BCUT2D eigenvalue weighted by atomic mass is 10.2. The maximum atomic E-state index is 13.1. The van der Waals surface area contributed by atoms with Crippen molar-refractivity contribution in [3.63, 3.8) is 0 Å². The molecule has 0 aromatic heterocycles. The van der Waals surface area contributed by atoms with Crippen LogP contribution in [0.15, 0.2) is 53.4 Å². The third-order valence-electron chi connectivity index (χ3n) is 2.90. The van der Waals surface area contributed by atoms with Gasteiger partial charge in [-0.3, -0.25) is 0 Å². The van der Waals surface area contributed by atoms with Crippen LogP contribution in [0, 0.1) is 5.82 Å². The van der Waals surface area contributed by atoms with Gasteiger partial charge >= 0.3 is 6.18 Å². The zero-order chi connectivity index (χ0) is 17.8. The summed E-state index contributed by atoms with van der Waals surface area (Å²) in [6.45, 7) is -1.50. The molecule has 0 heterocycles. The Kier molecular flexibility index (Phi) is 5.45. The fourth-order valence-electron chi connectivity index (χ4n) is 1.76. The van der Waals surface area contributed by atoms with Crippen LogP contribution in [0.1, 0.15) is 5.56 Å². The summed E-state index contributed by atoms with van der Waals surface area (Å²) in [7, 11) is -3.89. The molecule has 9 heteroatoms. The molecule has 130 valence electrons. The number of nitrogens with one attached hydrogen (secondary N) is 1. The number of alkyl halides is 3. The predicted octanol–water partition coefficient (Wildman–Crippen LogP) is 3.25. The van der Waals surface area contributed by atoms with E-state index < -0.39 is 28.6 Å². The fraction of sp³-hybridized carbons (Fsp3) is 0.200. The Bertz CT molecular complexity index is 789. The summed E-state index contributed by atoms with van der Waals surface area (Å²) >= 11 is 0. The van der Waals surface area contributed by atoms with E-state index in [4.69, 9.17) is 0 Å². The van der Waals surface area contributed by atoms with Crippen LogP contribution in [0.2, 0.25) is 0 Å². The van der Waals surface area contributed by atoms with Gasteiger partial charge in [-0.2, -0.15) is 13.2 Å². The van der Waals surface area contributed by atoms with Crippen LogP contribution < -0.4 is 9.46 Å². The van der Waals surface area contributed by atoms with E-state index in [9.17, 15) is 26.0 Å². The number of rotatable bonds is 6. The summed E-state index contributed by atoms with van der Waals surface area (Å²) in [5.41, 5.74) is 0.509. The third kappa shape index (κ3) is 5.50. The Balaban J connectivity index is 1.97. The van der Waals surface area contributed by atoms with Gasteiger partial charge in [-0.25, -0.2) is 17.5 Å². The van der Waals surface area contributed by atoms with Crippen molar-refractivity contribution in [2.24, 2.45) is 0 Å². The zero-order valence-corrected chi connectivity index (χ0v) is 13.0. The lowest BCUT2D eigenvalue weighted by molar-refractivity contribution is -0.153. The SMILES string of the molecule is O=S(=O)(NCc1ccc(OCC(F)(F)F)cc1)c1cccc(F)c1. The van der Waals surface area contributed by atoms with Gasteiger partial charge < -0.3 is 4.74 Å². The summed E-state index contributed by atoms with van der Waals surface area (Å²) in [6, 6.07) is 10.00. The van der Waals surface area contributed by atoms with Crippen molar-refractivity contribution in [2.45, 2.75) is 17.6 Å². The van der Waals surface area contributed by atoms with Crippen molar-refractivity contribution in [3.05, 3.63) is 59.9 Å². The van der Waals surface area contributed by atoms with Crippen LogP contribution in [-0.2, 0) is 16.6 Å². The highest BCUT2D eigenvalue weighted by Gasteiger charge is 2.28. The van der Waals surface area contributed by atoms with E-state index in [2.05, 4.69) is 9.46 Å². The molecule has 0 amide bonds. The van der Waals surface area contributed by atoms with E-state index in [-0.39, 0.29) is 17.2 Å². The minimum Gasteiger partial charge on any atom is -0.484 e. The quantitative estimate of drug-likeness (QED) is 0.802.